The molecule has 3 aromatic rings. The molecule has 0 fully saturated rings. The smallest absolute Gasteiger partial charge is 0.315 e. The first-order valence-corrected chi connectivity index (χ1v) is 6.73. The molecule has 1 amide bonds. The molecule has 0 saturated carbocycles. The summed E-state index contributed by atoms with van der Waals surface area (Å²) in [7, 11) is 0. The highest BCUT2D eigenvalue weighted by Crippen LogP contribution is 2.16. The van der Waals surface area contributed by atoms with Gasteiger partial charge in [0.05, 0.1) is 5.75 Å². The molecule has 3 heterocycles. The van der Waals surface area contributed by atoms with Crippen LogP contribution < -0.4 is 5.32 Å². The lowest BCUT2D eigenvalue weighted by Crippen LogP contribution is -2.14. The van der Waals surface area contributed by atoms with Crippen LogP contribution in [0.25, 0.3) is 5.65 Å². The van der Waals surface area contributed by atoms with Crippen molar-refractivity contribution in [3.05, 3.63) is 30.2 Å². The van der Waals surface area contributed by atoms with Crippen LogP contribution in [0.1, 0.15) is 5.82 Å². The lowest BCUT2D eigenvalue weighted by atomic mass is 10.5. The molecule has 102 valence electrons. The lowest BCUT2D eigenvalue weighted by molar-refractivity contribution is -0.114. The van der Waals surface area contributed by atoms with E-state index in [4.69, 9.17) is 4.52 Å². The van der Waals surface area contributed by atoms with Crippen LogP contribution in [0.2, 0.25) is 0 Å². The van der Waals surface area contributed by atoms with Crippen molar-refractivity contribution in [3.63, 3.8) is 0 Å². The van der Waals surface area contributed by atoms with Gasteiger partial charge in [-0.3, -0.25) is 14.5 Å². The fourth-order valence-corrected chi connectivity index (χ4v) is 2.28. The van der Waals surface area contributed by atoms with Crippen molar-refractivity contribution in [1.29, 1.82) is 0 Å². The van der Waals surface area contributed by atoms with Gasteiger partial charge in [0.1, 0.15) is 0 Å². The Balaban J connectivity index is 1.63. The minimum absolute atomic E-state index is 0.0965. The topological polar surface area (TPSA) is 98.2 Å². The third-order valence-electron chi connectivity index (χ3n) is 2.39. The fraction of sp³-hybridized carbons (Fsp3) is 0.182. The summed E-state index contributed by atoms with van der Waals surface area (Å²) in [5.41, 5.74) is 0.739. The van der Waals surface area contributed by atoms with Crippen LogP contribution in [0.15, 0.2) is 34.1 Å². The second-order valence-electron chi connectivity index (χ2n) is 3.90. The Morgan fingerprint density at radius 3 is 3.15 bits per heavy atom. The summed E-state index contributed by atoms with van der Waals surface area (Å²) in [6.45, 7) is 1.68. The zero-order valence-corrected chi connectivity index (χ0v) is 11.3. The van der Waals surface area contributed by atoms with Crippen LogP contribution in [0.5, 0.6) is 0 Å². The quantitative estimate of drug-likeness (QED) is 0.720. The molecule has 0 atom stereocenters. The van der Waals surface area contributed by atoms with Gasteiger partial charge < -0.3 is 4.52 Å². The minimum atomic E-state index is -0.244. The SMILES string of the molecule is Cc1noc(NC(=O)CSc2nnc3ccccn23)n1. The Hall–Kier alpha value is -2.42. The molecule has 0 radical (unpaired) electrons. The summed E-state index contributed by atoms with van der Waals surface area (Å²) in [5, 5.41) is 14.8. The van der Waals surface area contributed by atoms with E-state index >= 15 is 0 Å². The van der Waals surface area contributed by atoms with Gasteiger partial charge in [-0.25, -0.2) is 0 Å². The van der Waals surface area contributed by atoms with Gasteiger partial charge >= 0.3 is 6.01 Å². The van der Waals surface area contributed by atoms with E-state index in [1.54, 1.807) is 6.92 Å². The van der Waals surface area contributed by atoms with Gasteiger partial charge in [-0.05, 0) is 19.1 Å². The summed E-state index contributed by atoms with van der Waals surface area (Å²) >= 11 is 1.28. The monoisotopic (exact) mass is 290 g/mol. The largest absolute Gasteiger partial charge is 0.328 e. The van der Waals surface area contributed by atoms with Crippen LogP contribution >= 0.6 is 11.8 Å². The molecule has 0 spiro atoms. The number of fused-ring (bicyclic) bond motifs is 1. The third kappa shape index (κ3) is 2.62. The van der Waals surface area contributed by atoms with Crippen molar-refractivity contribution in [2.45, 2.75) is 12.1 Å². The third-order valence-corrected chi connectivity index (χ3v) is 3.33. The van der Waals surface area contributed by atoms with E-state index in [9.17, 15) is 4.79 Å². The number of rotatable bonds is 4. The first kappa shape index (κ1) is 12.6. The Bertz CT molecular complexity index is 752. The second-order valence-corrected chi connectivity index (χ2v) is 4.84. The second kappa shape index (κ2) is 5.29. The maximum atomic E-state index is 11.7. The van der Waals surface area contributed by atoms with Gasteiger partial charge in [-0.2, -0.15) is 4.98 Å². The molecule has 3 aromatic heterocycles. The number of carbonyl (C=O) groups is 1. The molecular weight excluding hydrogens is 280 g/mol. The van der Waals surface area contributed by atoms with Crippen LogP contribution in [0, 0.1) is 6.92 Å². The molecule has 3 rings (SSSR count). The van der Waals surface area contributed by atoms with Crippen molar-refractivity contribution in [2.24, 2.45) is 0 Å². The van der Waals surface area contributed by atoms with Crippen LogP contribution in [-0.4, -0.2) is 36.4 Å². The van der Waals surface area contributed by atoms with E-state index in [0.717, 1.165) is 5.65 Å². The van der Waals surface area contributed by atoms with Crippen molar-refractivity contribution >= 4 is 29.3 Å². The molecule has 0 aromatic carbocycles. The summed E-state index contributed by atoms with van der Waals surface area (Å²) in [6, 6.07) is 5.70. The normalized spacial score (nSPS) is 10.8. The van der Waals surface area contributed by atoms with E-state index < -0.39 is 0 Å². The first-order chi connectivity index (χ1) is 9.72. The average molecular weight is 290 g/mol. The number of anilines is 1. The van der Waals surface area contributed by atoms with Crippen molar-refractivity contribution < 1.29 is 9.32 Å². The minimum Gasteiger partial charge on any atom is -0.315 e. The van der Waals surface area contributed by atoms with E-state index in [-0.39, 0.29) is 17.7 Å². The maximum Gasteiger partial charge on any atom is 0.328 e. The first-order valence-electron chi connectivity index (χ1n) is 5.75. The molecule has 0 aliphatic rings. The Morgan fingerprint density at radius 1 is 1.45 bits per heavy atom. The van der Waals surface area contributed by atoms with E-state index in [1.807, 2.05) is 28.8 Å². The summed E-state index contributed by atoms with van der Waals surface area (Å²) in [6.07, 6.45) is 1.84. The number of aromatic nitrogens is 5. The molecule has 0 bridgehead atoms. The van der Waals surface area contributed by atoms with Crippen molar-refractivity contribution in [1.82, 2.24) is 24.7 Å². The van der Waals surface area contributed by atoms with Gasteiger partial charge in [0.15, 0.2) is 16.6 Å². The Kier molecular flexibility index (Phi) is 3.33. The number of pyridine rings is 1. The van der Waals surface area contributed by atoms with Crippen molar-refractivity contribution in [2.75, 3.05) is 11.1 Å². The van der Waals surface area contributed by atoms with Crippen LogP contribution in [0.4, 0.5) is 6.01 Å². The predicted molar refractivity (Wildman–Crippen MR) is 71.4 cm³/mol. The van der Waals surface area contributed by atoms with E-state index in [0.29, 0.717) is 11.0 Å². The van der Waals surface area contributed by atoms with Crippen LogP contribution in [0.3, 0.4) is 0 Å². The Labute approximate surface area is 117 Å². The molecule has 0 unspecified atom stereocenters. The standard InChI is InChI=1S/C11H10N6O2S/c1-7-12-10(19-16-7)13-9(18)6-20-11-15-14-8-4-2-3-5-17(8)11/h2-5H,6H2,1H3,(H,12,13,16,18). The number of nitrogens with zero attached hydrogens (tertiary/aromatic N) is 5. The summed E-state index contributed by atoms with van der Waals surface area (Å²) in [5.74, 6) is 0.402. The van der Waals surface area contributed by atoms with Gasteiger partial charge in [0, 0.05) is 6.20 Å². The van der Waals surface area contributed by atoms with E-state index in [2.05, 4.69) is 25.7 Å². The predicted octanol–water partition coefficient (Wildman–Crippen LogP) is 1.15. The lowest BCUT2D eigenvalue weighted by Gasteiger charge is -1.99. The zero-order chi connectivity index (χ0) is 13.9. The molecule has 9 heteroatoms. The molecule has 0 saturated heterocycles. The molecule has 0 aliphatic carbocycles. The molecule has 1 N–H and O–H groups in total. The maximum absolute atomic E-state index is 11.7. The molecule has 20 heavy (non-hydrogen) atoms. The zero-order valence-electron chi connectivity index (χ0n) is 10.5. The van der Waals surface area contributed by atoms with Gasteiger partial charge in [-0.15, -0.1) is 10.2 Å². The number of thioether (sulfide) groups is 1. The van der Waals surface area contributed by atoms with E-state index in [1.165, 1.54) is 11.8 Å². The highest BCUT2D eigenvalue weighted by molar-refractivity contribution is 7.99. The van der Waals surface area contributed by atoms with Crippen LogP contribution in [-0.2, 0) is 4.79 Å². The highest BCUT2D eigenvalue weighted by Gasteiger charge is 2.11. The van der Waals surface area contributed by atoms with Gasteiger partial charge in [0.2, 0.25) is 5.91 Å². The van der Waals surface area contributed by atoms with Crippen molar-refractivity contribution in [3.8, 4) is 0 Å². The average Bonchev–Trinajstić information content (AvgIpc) is 3.03. The summed E-state index contributed by atoms with van der Waals surface area (Å²) < 4.78 is 6.62. The highest BCUT2D eigenvalue weighted by atomic mass is 32.2. The van der Waals surface area contributed by atoms with Gasteiger partial charge in [-0.1, -0.05) is 23.0 Å². The molecular formula is C11H10N6O2S. The molecule has 0 aliphatic heterocycles. The number of hydrogen-bond acceptors (Lipinski definition) is 7. The number of aryl methyl sites for hydroxylation is 1. The molecule has 8 nitrogen and oxygen atoms in total. The Morgan fingerprint density at radius 2 is 2.35 bits per heavy atom. The number of carbonyl (C=O) groups excluding carboxylic acids is 1. The summed E-state index contributed by atoms with van der Waals surface area (Å²) in [4.78, 5) is 15.6. The number of hydrogen-bond donors (Lipinski definition) is 1. The number of amides is 1. The van der Waals surface area contributed by atoms with Gasteiger partial charge in [0.25, 0.3) is 0 Å². The number of nitrogens with one attached hydrogen (secondary N) is 1. The fourth-order valence-electron chi connectivity index (χ4n) is 1.55.